The number of hydrazone groups is 1. The molecule has 0 aliphatic carbocycles. The highest BCUT2D eigenvalue weighted by molar-refractivity contribution is 7.89. The number of ketones is 1. The number of aromatic nitrogens is 1. The van der Waals surface area contributed by atoms with E-state index in [1.165, 1.54) is 6.21 Å². The van der Waals surface area contributed by atoms with Crippen molar-refractivity contribution in [3.63, 3.8) is 0 Å². The van der Waals surface area contributed by atoms with Crippen molar-refractivity contribution in [1.29, 1.82) is 0 Å². The number of carbonyl (C=O) groups is 1. The molecule has 0 saturated carbocycles. The van der Waals surface area contributed by atoms with Crippen LogP contribution in [0.15, 0.2) is 60.0 Å². The quantitative estimate of drug-likeness (QED) is 0.506. The third-order valence-electron chi connectivity index (χ3n) is 5.36. The number of pyridine rings is 1. The van der Waals surface area contributed by atoms with Gasteiger partial charge in [0.1, 0.15) is 5.78 Å². The van der Waals surface area contributed by atoms with Crippen molar-refractivity contribution in [1.82, 2.24) is 9.31 Å². The van der Waals surface area contributed by atoms with Crippen molar-refractivity contribution in [2.45, 2.75) is 12.3 Å². The molecule has 32 heavy (non-hydrogen) atoms. The zero-order valence-electron chi connectivity index (χ0n) is 17.3. The van der Waals surface area contributed by atoms with Crippen molar-refractivity contribution in [2.24, 2.45) is 10.8 Å². The number of rotatable bonds is 6. The van der Waals surface area contributed by atoms with Gasteiger partial charge in [0, 0.05) is 30.7 Å². The van der Waals surface area contributed by atoms with Crippen LogP contribution >= 0.6 is 13.5 Å². The zero-order chi connectivity index (χ0) is 22.2. The Kier molecular flexibility index (Phi) is 7.04. The molecule has 0 fully saturated rings. The maximum Gasteiger partial charge on any atom is 0.483 e. The fraction of sp³-hybridized carbons (Fsp3) is 0.190. The van der Waals surface area contributed by atoms with Gasteiger partial charge in [0.25, 0.3) is 0 Å². The van der Waals surface area contributed by atoms with Gasteiger partial charge in [-0.15, -0.1) is 0 Å². The van der Waals surface area contributed by atoms with E-state index < -0.39 is 23.0 Å². The van der Waals surface area contributed by atoms with Gasteiger partial charge in [0.2, 0.25) is 10.0 Å². The van der Waals surface area contributed by atoms with E-state index >= 15 is 0 Å². The van der Waals surface area contributed by atoms with Gasteiger partial charge in [-0.3, -0.25) is 9.78 Å². The first kappa shape index (κ1) is 23.9. The second-order valence-electron chi connectivity index (χ2n) is 7.53. The Labute approximate surface area is 193 Å². The van der Waals surface area contributed by atoms with Gasteiger partial charge >= 0.3 is 7.05 Å². The maximum atomic E-state index is 13.0. The van der Waals surface area contributed by atoms with Crippen molar-refractivity contribution in [3.05, 3.63) is 71.5 Å². The number of hydrogen-bond donors (Lipinski definition) is 2. The average molecular weight is 470 g/mol. The van der Waals surface area contributed by atoms with E-state index in [0.29, 0.717) is 20.9 Å². The van der Waals surface area contributed by atoms with Crippen LogP contribution in [0.1, 0.15) is 22.6 Å². The van der Waals surface area contributed by atoms with E-state index in [9.17, 15) is 18.2 Å². The number of carbonyl (C=O) groups excluding carboxylic acids is 1. The number of Topliss-reactive ketones (excluding diaryl/α,β-unsaturated/α-hetero) is 1. The van der Waals surface area contributed by atoms with E-state index in [2.05, 4.69) is 10.1 Å². The third kappa shape index (κ3) is 4.70. The van der Waals surface area contributed by atoms with E-state index in [4.69, 9.17) is 5.73 Å². The molecule has 8 nitrogen and oxygen atoms in total. The van der Waals surface area contributed by atoms with Crippen LogP contribution < -0.4 is 11.2 Å². The number of nitrogens with two attached hydrogens (primary N) is 1. The van der Waals surface area contributed by atoms with Crippen LogP contribution in [-0.4, -0.2) is 54.6 Å². The largest absolute Gasteiger partial charge is 0.483 e. The second-order valence-corrected chi connectivity index (χ2v) is 9.37. The number of sulfonamides is 1. The summed E-state index contributed by atoms with van der Waals surface area (Å²) in [6.45, 7) is 0.129. The lowest BCUT2D eigenvalue weighted by molar-refractivity contribution is -0.119. The molecule has 1 aromatic heterocycles. The van der Waals surface area contributed by atoms with Crippen molar-refractivity contribution in [3.8, 4) is 0 Å². The minimum Gasteiger partial charge on any atom is -0.427 e. The molecule has 0 unspecified atom stereocenters. The van der Waals surface area contributed by atoms with E-state index in [1.807, 2.05) is 24.3 Å². The summed E-state index contributed by atoms with van der Waals surface area (Å²) in [6, 6.07) is 12.7. The molecule has 1 aliphatic heterocycles. The van der Waals surface area contributed by atoms with Gasteiger partial charge in [-0.05, 0) is 39.7 Å². The normalized spacial score (nSPS) is 14.1. The van der Waals surface area contributed by atoms with Crippen LogP contribution in [0, 0.1) is 0 Å². The molecule has 0 saturated heterocycles. The Hall–Kier alpha value is -2.73. The fourth-order valence-electron chi connectivity index (χ4n) is 3.75. The summed E-state index contributed by atoms with van der Waals surface area (Å²) >= 11 is 0. The van der Waals surface area contributed by atoms with Gasteiger partial charge < -0.3 is 10.8 Å². The van der Waals surface area contributed by atoms with Gasteiger partial charge in [0.15, 0.2) is 0 Å². The molecule has 0 bridgehead atoms. The summed E-state index contributed by atoms with van der Waals surface area (Å²) in [5.41, 5.74) is 8.47. The summed E-state index contributed by atoms with van der Waals surface area (Å²) < 4.78 is 24.2. The van der Waals surface area contributed by atoms with Crippen LogP contribution in [0.5, 0.6) is 0 Å². The Morgan fingerprint density at radius 1 is 1.19 bits per heavy atom. The molecular formula is C21H23BN4O4S2. The average Bonchev–Trinajstić information content (AvgIpc) is 2.73. The highest BCUT2D eigenvalue weighted by Gasteiger charge is 2.35. The molecule has 11 heteroatoms. The predicted molar refractivity (Wildman–Crippen MR) is 131 cm³/mol. The first-order chi connectivity index (χ1) is 14.8. The number of benzene rings is 2. The smallest absolute Gasteiger partial charge is 0.427 e. The van der Waals surface area contributed by atoms with E-state index in [-0.39, 0.29) is 32.2 Å². The fourth-order valence-corrected chi connectivity index (χ4v) is 4.44. The summed E-state index contributed by atoms with van der Waals surface area (Å²) in [5.74, 6) is -0.557. The first-order valence-electron chi connectivity index (χ1n) is 9.68. The molecule has 3 aromatic rings. The van der Waals surface area contributed by atoms with E-state index in [0.717, 1.165) is 22.6 Å². The molecule has 1 aliphatic rings. The maximum absolute atomic E-state index is 13.0. The van der Waals surface area contributed by atoms with Gasteiger partial charge in [0.05, 0.1) is 18.4 Å². The Bertz CT molecular complexity index is 1300. The number of nitrogens with zero attached hydrogens (tertiary/aromatic N) is 3. The predicted octanol–water partition coefficient (Wildman–Crippen LogP) is 0.498. The lowest BCUT2D eigenvalue weighted by Crippen LogP contribution is -2.52. The summed E-state index contributed by atoms with van der Waals surface area (Å²) in [7, 11) is -5.12. The van der Waals surface area contributed by atoms with E-state index in [1.54, 1.807) is 30.6 Å². The van der Waals surface area contributed by atoms with Gasteiger partial charge in [-0.2, -0.15) is 18.6 Å². The monoisotopic (exact) mass is 470 g/mol. The van der Waals surface area contributed by atoms with Crippen LogP contribution in [0.3, 0.4) is 0 Å². The molecule has 3 N–H and O–H groups in total. The zero-order valence-corrected chi connectivity index (χ0v) is 19.2. The van der Waals surface area contributed by atoms with Crippen LogP contribution in [-0.2, 0) is 21.2 Å². The molecule has 2 aromatic carbocycles. The van der Waals surface area contributed by atoms with Crippen molar-refractivity contribution in [2.75, 3.05) is 12.8 Å². The number of hydrogen-bond acceptors (Lipinski definition) is 7. The molecule has 2 heterocycles. The Balaban J connectivity index is 0.00000289. The molecule has 0 amide bonds. The lowest BCUT2D eigenvalue weighted by Gasteiger charge is -2.25. The third-order valence-corrected chi connectivity index (χ3v) is 6.33. The summed E-state index contributed by atoms with van der Waals surface area (Å²) in [5, 5.41) is 16.2. The highest BCUT2D eigenvalue weighted by Crippen LogP contribution is 2.22. The SMILES string of the molecule is CS(=O)(=O)N1N=Cc2cc([C@@H](CN)C(=O)Cc3ccc4cnccc4c3)ccc2B1O.S. The molecule has 0 spiro atoms. The molecule has 4 rings (SSSR count). The molecule has 0 radical (unpaired) electrons. The summed E-state index contributed by atoms with van der Waals surface area (Å²) in [6.07, 6.45) is 6.05. The second kappa shape index (κ2) is 9.41. The topological polar surface area (TPSA) is 126 Å². The molecular weight excluding hydrogens is 447 g/mol. The van der Waals surface area contributed by atoms with Crippen LogP contribution in [0.25, 0.3) is 10.8 Å². The van der Waals surface area contributed by atoms with Crippen LogP contribution in [0.4, 0.5) is 0 Å². The van der Waals surface area contributed by atoms with Gasteiger partial charge in [-0.1, -0.05) is 30.3 Å². The van der Waals surface area contributed by atoms with Gasteiger partial charge in [-0.25, -0.2) is 12.7 Å². The van der Waals surface area contributed by atoms with Crippen molar-refractivity contribution >= 4 is 58.8 Å². The summed E-state index contributed by atoms with van der Waals surface area (Å²) in [4.78, 5) is 17.1. The number of fused-ring (bicyclic) bond motifs is 2. The highest BCUT2D eigenvalue weighted by atomic mass is 32.2. The van der Waals surface area contributed by atoms with Crippen molar-refractivity contribution < 1.29 is 18.2 Å². The Morgan fingerprint density at radius 2 is 1.97 bits per heavy atom. The molecule has 1 atom stereocenters. The minimum absolute atomic E-state index is 0. The molecule has 166 valence electrons. The minimum atomic E-state index is -3.71. The Morgan fingerprint density at radius 3 is 2.69 bits per heavy atom. The standard InChI is InChI=1S/C21H21BN4O4S.H2S/c1-31(29,30)26-22(28)20-5-4-16(10-18(20)13-25-26)19(11-23)21(27)9-14-2-3-17-12-24-7-6-15(17)8-14;/h2-8,10,12-13,19,28H,9,11,23H2,1H3;1H2/t19-;/m1./s1. The first-order valence-corrected chi connectivity index (χ1v) is 11.5. The van der Waals surface area contributed by atoms with Crippen LogP contribution in [0.2, 0.25) is 0 Å². The lowest BCUT2D eigenvalue weighted by atomic mass is 9.70.